The maximum Gasteiger partial charge on any atom is 0.305 e. The number of nitrogens with zero attached hydrogens (tertiary/aromatic N) is 1. The Hall–Kier alpha value is -2.57. The van der Waals surface area contributed by atoms with Crippen molar-refractivity contribution < 1.29 is 19.5 Å². The average Bonchev–Trinajstić information content (AvgIpc) is 2.60. The summed E-state index contributed by atoms with van der Waals surface area (Å²) in [6.45, 7) is 8.76. The van der Waals surface area contributed by atoms with E-state index in [0.717, 1.165) is 25.8 Å². The number of hydrogen-bond donors (Lipinski definition) is 3. The number of carbonyl (C=O) groups excluding carboxylic acids is 2. The van der Waals surface area contributed by atoms with E-state index >= 15 is 0 Å². The summed E-state index contributed by atoms with van der Waals surface area (Å²) in [6.07, 6.45) is 7.25. The standard InChI is InChI=1S/C22H33N3O4/c1-15(2)19(7-6-18-5-4-9-23-16(18)3)11-17-13-25(14-17)21(27)12-20(26)24-10-8-22(28)29/h6-7,17,23H,4-5,8-14H2,1-3H3,(H,24,26)(H,28,29)/b7-6-. The van der Waals surface area contributed by atoms with Crippen LogP contribution >= 0.6 is 0 Å². The monoisotopic (exact) mass is 403 g/mol. The van der Waals surface area contributed by atoms with Gasteiger partial charge in [-0.15, -0.1) is 0 Å². The first-order valence-corrected chi connectivity index (χ1v) is 10.3. The summed E-state index contributed by atoms with van der Waals surface area (Å²) < 4.78 is 0. The number of aliphatic carboxylic acids is 1. The number of hydrogen-bond acceptors (Lipinski definition) is 4. The third-order valence-electron chi connectivity index (χ3n) is 5.41. The van der Waals surface area contributed by atoms with Crippen LogP contribution in [0.1, 0.15) is 52.9 Å². The van der Waals surface area contributed by atoms with Gasteiger partial charge in [-0.1, -0.05) is 17.7 Å². The van der Waals surface area contributed by atoms with Gasteiger partial charge >= 0.3 is 5.97 Å². The van der Waals surface area contributed by atoms with Crippen LogP contribution in [0.3, 0.4) is 0 Å². The smallest absolute Gasteiger partial charge is 0.305 e. The molecule has 0 saturated carbocycles. The zero-order chi connectivity index (χ0) is 21.4. The molecule has 0 aromatic heterocycles. The Morgan fingerprint density at radius 2 is 2.00 bits per heavy atom. The van der Waals surface area contributed by atoms with Gasteiger partial charge < -0.3 is 20.6 Å². The highest BCUT2D eigenvalue weighted by Crippen LogP contribution is 2.27. The minimum Gasteiger partial charge on any atom is -0.481 e. The van der Waals surface area contributed by atoms with Gasteiger partial charge in [0, 0.05) is 31.9 Å². The van der Waals surface area contributed by atoms with Crippen molar-refractivity contribution in [2.24, 2.45) is 5.92 Å². The third-order valence-corrected chi connectivity index (χ3v) is 5.41. The summed E-state index contributed by atoms with van der Waals surface area (Å²) in [5.41, 5.74) is 5.20. The lowest BCUT2D eigenvalue weighted by Gasteiger charge is -2.39. The molecule has 0 aromatic rings. The van der Waals surface area contributed by atoms with Crippen molar-refractivity contribution in [2.75, 3.05) is 26.2 Å². The van der Waals surface area contributed by atoms with Crippen LogP contribution in [0.25, 0.3) is 0 Å². The highest BCUT2D eigenvalue weighted by Gasteiger charge is 2.31. The molecular formula is C22H33N3O4. The van der Waals surface area contributed by atoms with Gasteiger partial charge in [-0.3, -0.25) is 14.4 Å². The van der Waals surface area contributed by atoms with Crippen LogP contribution in [0, 0.1) is 5.92 Å². The first-order valence-electron chi connectivity index (χ1n) is 10.3. The lowest BCUT2D eigenvalue weighted by Crippen LogP contribution is -2.51. The molecule has 0 atom stereocenters. The predicted molar refractivity (Wildman–Crippen MR) is 112 cm³/mol. The van der Waals surface area contributed by atoms with E-state index in [0.29, 0.717) is 19.0 Å². The van der Waals surface area contributed by atoms with E-state index in [4.69, 9.17) is 5.11 Å². The van der Waals surface area contributed by atoms with E-state index in [1.165, 1.54) is 22.4 Å². The summed E-state index contributed by atoms with van der Waals surface area (Å²) in [5, 5.41) is 14.4. The van der Waals surface area contributed by atoms with Crippen molar-refractivity contribution >= 4 is 17.8 Å². The van der Waals surface area contributed by atoms with Gasteiger partial charge in [-0.25, -0.2) is 0 Å². The number of carbonyl (C=O) groups is 3. The molecule has 2 heterocycles. The zero-order valence-electron chi connectivity index (χ0n) is 17.7. The van der Waals surface area contributed by atoms with Gasteiger partial charge in [0.05, 0.1) is 6.42 Å². The molecule has 7 heteroatoms. The highest BCUT2D eigenvalue weighted by molar-refractivity contribution is 5.97. The molecule has 3 N–H and O–H groups in total. The summed E-state index contributed by atoms with van der Waals surface area (Å²) >= 11 is 0. The summed E-state index contributed by atoms with van der Waals surface area (Å²) in [5.74, 6) is -1.18. The van der Waals surface area contributed by atoms with Crippen LogP contribution in [0.5, 0.6) is 0 Å². The molecule has 2 aliphatic rings. The minimum atomic E-state index is -0.975. The van der Waals surface area contributed by atoms with Crippen molar-refractivity contribution in [3.05, 3.63) is 34.6 Å². The Kier molecular flexibility index (Phi) is 8.49. The largest absolute Gasteiger partial charge is 0.481 e. The molecule has 2 amide bonds. The maximum atomic E-state index is 12.2. The predicted octanol–water partition coefficient (Wildman–Crippen LogP) is 2.37. The van der Waals surface area contributed by atoms with Crippen LogP contribution in [0.4, 0.5) is 0 Å². The van der Waals surface area contributed by atoms with E-state index in [-0.39, 0.29) is 25.3 Å². The van der Waals surface area contributed by atoms with Gasteiger partial charge in [-0.2, -0.15) is 0 Å². The molecule has 2 rings (SSSR count). The Bertz CT molecular complexity index is 726. The fourth-order valence-electron chi connectivity index (χ4n) is 3.54. The molecule has 0 spiro atoms. The van der Waals surface area contributed by atoms with E-state index < -0.39 is 11.9 Å². The zero-order valence-corrected chi connectivity index (χ0v) is 17.7. The van der Waals surface area contributed by atoms with Crippen LogP contribution < -0.4 is 10.6 Å². The van der Waals surface area contributed by atoms with Gasteiger partial charge in [0.2, 0.25) is 11.8 Å². The maximum absolute atomic E-state index is 12.2. The van der Waals surface area contributed by atoms with E-state index in [1.54, 1.807) is 4.90 Å². The molecule has 0 unspecified atom stereocenters. The fraction of sp³-hybridized carbons (Fsp3) is 0.591. The number of nitrogens with one attached hydrogen (secondary N) is 2. The summed E-state index contributed by atoms with van der Waals surface area (Å²) in [6, 6.07) is 0. The number of allylic oxidation sites excluding steroid dienone is 6. The SMILES string of the molecule is CC(C)=C(/C=C\C1=C(C)NCCC1)CC1CN(C(=O)CC(=O)NCCC(=O)O)C1. The van der Waals surface area contributed by atoms with Gasteiger partial charge in [-0.05, 0) is 57.1 Å². The van der Waals surface area contributed by atoms with Crippen LogP contribution in [-0.4, -0.2) is 54.0 Å². The molecule has 0 aliphatic carbocycles. The minimum absolute atomic E-state index is 0.0474. The first-order chi connectivity index (χ1) is 13.8. The molecule has 1 saturated heterocycles. The first kappa shape index (κ1) is 22.7. The summed E-state index contributed by atoms with van der Waals surface area (Å²) in [4.78, 5) is 36.0. The average molecular weight is 404 g/mol. The number of likely N-dealkylation sites (tertiary alicyclic amines) is 1. The highest BCUT2D eigenvalue weighted by atomic mass is 16.4. The molecule has 0 bridgehead atoms. The summed E-state index contributed by atoms with van der Waals surface area (Å²) in [7, 11) is 0. The molecule has 29 heavy (non-hydrogen) atoms. The third kappa shape index (κ3) is 7.40. The Morgan fingerprint density at radius 1 is 1.28 bits per heavy atom. The molecule has 160 valence electrons. The van der Waals surface area contributed by atoms with Gasteiger partial charge in [0.25, 0.3) is 0 Å². The Balaban J connectivity index is 1.77. The van der Waals surface area contributed by atoms with Gasteiger partial charge in [0.15, 0.2) is 0 Å². The van der Waals surface area contributed by atoms with Crippen molar-refractivity contribution in [3.8, 4) is 0 Å². The van der Waals surface area contributed by atoms with Crippen molar-refractivity contribution in [1.82, 2.24) is 15.5 Å². The molecular weight excluding hydrogens is 370 g/mol. The van der Waals surface area contributed by atoms with E-state index in [1.807, 2.05) is 0 Å². The van der Waals surface area contributed by atoms with E-state index in [9.17, 15) is 14.4 Å². The Labute approximate surface area is 172 Å². The lowest BCUT2D eigenvalue weighted by atomic mass is 9.89. The molecule has 1 fully saturated rings. The van der Waals surface area contributed by atoms with Crippen LogP contribution in [-0.2, 0) is 14.4 Å². The second-order valence-corrected chi connectivity index (χ2v) is 8.08. The lowest BCUT2D eigenvalue weighted by molar-refractivity contribution is -0.141. The molecule has 7 nitrogen and oxygen atoms in total. The van der Waals surface area contributed by atoms with Gasteiger partial charge in [0.1, 0.15) is 6.42 Å². The van der Waals surface area contributed by atoms with Crippen LogP contribution in [0.15, 0.2) is 34.6 Å². The van der Waals surface area contributed by atoms with Crippen LogP contribution in [0.2, 0.25) is 0 Å². The normalized spacial score (nSPS) is 17.0. The topological polar surface area (TPSA) is 98.7 Å². The van der Waals surface area contributed by atoms with Crippen molar-refractivity contribution in [3.63, 3.8) is 0 Å². The molecule has 2 aliphatic heterocycles. The van der Waals surface area contributed by atoms with Crippen molar-refractivity contribution in [2.45, 2.75) is 52.9 Å². The number of carboxylic acid groups (broad SMARTS) is 1. The molecule has 0 radical (unpaired) electrons. The number of amides is 2. The second-order valence-electron chi connectivity index (χ2n) is 8.08. The number of rotatable bonds is 9. The fourth-order valence-corrected chi connectivity index (χ4v) is 3.54. The second kappa shape index (κ2) is 10.8. The van der Waals surface area contributed by atoms with Crippen molar-refractivity contribution in [1.29, 1.82) is 0 Å². The van der Waals surface area contributed by atoms with E-state index in [2.05, 4.69) is 43.6 Å². The Morgan fingerprint density at radius 3 is 2.62 bits per heavy atom. The quantitative estimate of drug-likeness (QED) is 0.405. The number of carboxylic acids is 1. The molecule has 0 aromatic carbocycles.